The maximum Gasteiger partial charge on any atom is 0.272 e. The van der Waals surface area contributed by atoms with Crippen molar-refractivity contribution < 1.29 is 9.53 Å². The van der Waals surface area contributed by atoms with Crippen molar-refractivity contribution in [3.05, 3.63) is 66.0 Å². The molecule has 0 bridgehead atoms. The molecule has 2 aliphatic rings. The Hall–Kier alpha value is -2.66. The average molecular weight is 392 g/mol. The number of carbonyl (C=O) groups excluding carboxylic acids is 1. The summed E-state index contributed by atoms with van der Waals surface area (Å²) in [5.74, 6) is 1.51. The van der Waals surface area contributed by atoms with Gasteiger partial charge in [-0.05, 0) is 61.6 Å². The normalized spacial score (nSPS) is 22.4. The first-order valence-electron chi connectivity index (χ1n) is 10.5. The molecule has 152 valence electrons. The molecule has 1 aromatic heterocycles. The Morgan fingerprint density at radius 1 is 1.17 bits per heavy atom. The third-order valence-electron chi connectivity index (χ3n) is 6.12. The molecule has 0 aliphatic carbocycles. The number of pyridine rings is 1. The van der Waals surface area contributed by atoms with Crippen molar-refractivity contribution in [3.63, 3.8) is 0 Å². The van der Waals surface area contributed by atoms with Gasteiger partial charge < -0.3 is 9.64 Å². The summed E-state index contributed by atoms with van der Waals surface area (Å²) in [4.78, 5) is 21.6. The van der Waals surface area contributed by atoms with Crippen LogP contribution in [-0.2, 0) is 0 Å². The van der Waals surface area contributed by atoms with E-state index in [1.54, 1.807) is 13.3 Å². The van der Waals surface area contributed by atoms with Crippen LogP contribution in [0.15, 0.2) is 54.7 Å². The van der Waals surface area contributed by atoms with Crippen LogP contribution in [0.2, 0.25) is 0 Å². The Morgan fingerprint density at radius 3 is 2.79 bits per heavy atom. The van der Waals surface area contributed by atoms with Crippen molar-refractivity contribution in [1.82, 2.24) is 14.8 Å². The monoisotopic (exact) mass is 391 g/mol. The smallest absolute Gasteiger partial charge is 0.272 e. The minimum atomic E-state index is 0.0700. The largest absolute Gasteiger partial charge is 0.497 e. The van der Waals surface area contributed by atoms with E-state index in [2.05, 4.69) is 34.2 Å². The summed E-state index contributed by atoms with van der Waals surface area (Å²) in [5, 5.41) is 0. The predicted molar refractivity (Wildman–Crippen MR) is 115 cm³/mol. The van der Waals surface area contributed by atoms with Gasteiger partial charge in [0.05, 0.1) is 7.11 Å². The third-order valence-corrected chi connectivity index (χ3v) is 6.12. The second kappa shape index (κ2) is 9.23. The first-order valence-corrected chi connectivity index (χ1v) is 10.5. The number of hydrogen-bond donors (Lipinski definition) is 0. The van der Waals surface area contributed by atoms with Crippen LogP contribution in [-0.4, -0.2) is 60.0 Å². The van der Waals surface area contributed by atoms with Crippen LogP contribution in [0, 0.1) is 5.92 Å². The molecule has 0 N–H and O–H groups in total. The van der Waals surface area contributed by atoms with Gasteiger partial charge in [-0.25, -0.2) is 0 Å². The van der Waals surface area contributed by atoms with Crippen molar-refractivity contribution in [2.45, 2.75) is 25.3 Å². The fraction of sp³-hybridized carbons (Fsp3) is 0.417. The molecule has 2 fully saturated rings. The molecular weight excluding hydrogens is 362 g/mol. The van der Waals surface area contributed by atoms with Gasteiger partial charge in [0.25, 0.3) is 5.91 Å². The number of aromatic nitrogens is 1. The molecule has 2 aromatic rings. The highest BCUT2D eigenvalue weighted by atomic mass is 16.5. The molecule has 4 rings (SSSR count). The maximum atomic E-state index is 12.8. The lowest BCUT2D eigenvalue weighted by molar-refractivity contribution is 0.0257. The van der Waals surface area contributed by atoms with Crippen LogP contribution in [0.4, 0.5) is 0 Å². The highest BCUT2D eigenvalue weighted by molar-refractivity contribution is 5.92. The van der Waals surface area contributed by atoms with Gasteiger partial charge in [0, 0.05) is 31.9 Å². The molecule has 3 heterocycles. The van der Waals surface area contributed by atoms with E-state index in [-0.39, 0.29) is 5.91 Å². The van der Waals surface area contributed by atoms with E-state index in [4.69, 9.17) is 4.74 Å². The molecular formula is C24H29N3O2. The van der Waals surface area contributed by atoms with E-state index >= 15 is 0 Å². The van der Waals surface area contributed by atoms with Crippen LogP contribution in [0.3, 0.4) is 0 Å². The molecule has 5 heteroatoms. The fourth-order valence-electron chi connectivity index (χ4n) is 4.61. The van der Waals surface area contributed by atoms with Crippen LogP contribution >= 0.6 is 0 Å². The van der Waals surface area contributed by atoms with Gasteiger partial charge >= 0.3 is 0 Å². The minimum Gasteiger partial charge on any atom is -0.497 e. The number of carbonyl (C=O) groups is 1. The Bertz CT molecular complexity index is 835. The number of likely N-dealkylation sites (tertiary alicyclic amines) is 2. The molecule has 0 saturated carbocycles. The van der Waals surface area contributed by atoms with E-state index in [0.717, 1.165) is 38.3 Å². The Labute approximate surface area is 173 Å². The minimum absolute atomic E-state index is 0.0700. The first kappa shape index (κ1) is 19.6. The number of methoxy groups -OCH3 is 1. The standard InChI is InChI=1S/C24H29N3O2/c1-29-21-11-9-19(10-12-21)6-4-15-26-16-5-7-20-18-27(17-13-23(20)26)24(28)22-8-2-3-14-25-22/h2-4,6,8-12,14,20,23H,5,7,13,15-18H2,1H3/t20-,23+/m1/s1. The van der Waals surface area contributed by atoms with E-state index in [1.165, 1.54) is 18.4 Å². The quantitative estimate of drug-likeness (QED) is 0.779. The molecule has 5 nitrogen and oxygen atoms in total. The summed E-state index contributed by atoms with van der Waals surface area (Å²) >= 11 is 0. The second-order valence-corrected chi connectivity index (χ2v) is 7.89. The Morgan fingerprint density at radius 2 is 2.03 bits per heavy atom. The molecule has 1 amide bonds. The lowest BCUT2D eigenvalue weighted by Gasteiger charge is -2.47. The molecule has 2 atom stereocenters. The van der Waals surface area contributed by atoms with Crippen LogP contribution < -0.4 is 4.74 Å². The first-order chi connectivity index (χ1) is 14.2. The lowest BCUT2D eigenvalue weighted by Crippen LogP contribution is -2.55. The van der Waals surface area contributed by atoms with Gasteiger partial charge in [-0.1, -0.05) is 30.4 Å². The summed E-state index contributed by atoms with van der Waals surface area (Å²) in [6.45, 7) is 3.76. The van der Waals surface area contributed by atoms with Crippen LogP contribution in [0.25, 0.3) is 6.08 Å². The van der Waals surface area contributed by atoms with Gasteiger partial charge in [-0.2, -0.15) is 0 Å². The van der Waals surface area contributed by atoms with Crippen LogP contribution in [0.1, 0.15) is 35.3 Å². The average Bonchev–Trinajstić information content (AvgIpc) is 2.79. The number of benzene rings is 1. The van der Waals surface area contributed by atoms with Gasteiger partial charge in [-0.15, -0.1) is 0 Å². The fourth-order valence-corrected chi connectivity index (χ4v) is 4.61. The van der Waals surface area contributed by atoms with Gasteiger partial charge in [0.2, 0.25) is 0 Å². The van der Waals surface area contributed by atoms with E-state index in [9.17, 15) is 4.79 Å². The highest BCUT2D eigenvalue weighted by Gasteiger charge is 2.37. The number of piperidine rings is 2. The molecule has 0 unspecified atom stereocenters. The van der Waals surface area contributed by atoms with Crippen molar-refractivity contribution in [1.29, 1.82) is 0 Å². The Balaban J connectivity index is 1.34. The molecule has 2 saturated heterocycles. The van der Waals surface area contributed by atoms with Gasteiger partial charge in [0.1, 0.15) is 11.4 Å². The van der Waals surface area contributed by atoms with Crippen molar-refractivity contribution in [3.8, 4) is 5.75 Å². The highest BCUT2D eigenvalue weighted by Crippen LogP contribution is 2.31. The third kappa shape index (κ3) is 4.67. The summed E-state index contributed by atoms with van der Waals surface area (Å²) < 4.78 is 5.22. The van der Waals surface area contributed by atoms with Crippen molar-refractivity contribution in [2.24, 2.45) is 5.92 Å². The summed E-state index contributed by atoms with van der Waals surface area (Å²) in [5.41, 5.74) is 1.75. The maximum absolute atomic E-state index is 12.8. The van der Waals surface area contributed by atoms with E-state index < -0.39 is 0 Å². The van der Waals surface area contributed by atoms with E-state index in [1.807, 2.05) is 35.2 Å². The predicted octanol–water partition coefficient (Wildman–Crippen LogP) is 3.73. The summed E-state index contributed by atoms with van der Waals surface area (Å²) in [7, 11) is 1.69. The molecule has 0 spiro atoms. The zero-order chi connectivity index (χ0) is 20.1. The zero-order valence-electron chi connectivity index (χ0n) is 17.0. The van der Waals surface area contributed by atoms with Crippen molar-refractivity contribution in [2.75, 3.05) is 33.3 Å². The summed E-state index contributed by atoms with van der Waals surface area (Å²) in [6, 6.07) is 14.2. The number of fused-ring (bicyclic) bond motifs is 1. The molecule has 0 radical (unpaired) electrons. The number of nitrogens with zero attached hydrogens (tertiary/aromatic N) is 3. The number of amides is 1. The Kier molecular flexibility index (Phi) is 6.25. The van der Waals surface area contributed by atoms with Crippen LogP contribution in [0.5, 0.6) is 5.75 Å². The SMILES string of the molecule is COc1ccc(C=CCN2CCC[C@@H]3CN(C(=O)c4ccccn4)CC[C@@H]32)cc1. The van der Waals surface area contributed by atoms with Gasteiger partial charge in [-0.3, -0.25) is 14.7 Å². The number of ether oxygens (including phenoxy) is 1. The molecule has 2 aliphatic heterocycles. The zero-order valence-corrected chi connectivity index (χ0v) is 17.0. The summed E-state index contributed by atoms with van der Waals surface area (Å²) in [6.07, 6.45) is 9.58. The molecule has 29 heavy (non-hydrogen) atoms. The van der Waals surface area contributed by atoms with E-state index in [0.29, 0.717) is 17.7 Å². The number of hydrogen-bond acceptors (Lipinski definition) is 4. The lowest BCUT2D eigenvalue weighted by atomic mass is 9.83. The van der Waals surface area contributed by atoms with Gasteiger partial charge in [0.15, 0.2) is 0 Å². The van der Waals surface area contributed by atoms with Crippen molar-refractivity contribution >= 4 is 12.0 Å². The number of rotatable bonds is 5. The topological polar surface area (TPSA) is 45.7 Å². The molecule has 1 aromatic carbocycles. The second-order valence-electron chi connectivity index (χ2n) is 7.89.